The molecule has 1 atom stereocenters. The normalized spacial score (nSPS) is 18.9. The highest BCUT2D eigenvalue weighted by Gasteiger charge is 2.26. The van der Waals surface area contributed by atoms with Gasteiger partial charge >= 0.3 is 0 Å². The number of likely N-dealkylation sites (tertiary alicyclic amines) is 1. The molecule has 1 amide bonds. The molecule has 1 fully saturated rings. The summed E-state index contributed by atoms with van der Waals surface area (Å²) < 4.78 is 1.65. The molecule has 5 nitrogen and oxygen atoms in total. The summed E-state index contributed by atoms with van der Waals surface area (Å²) >= 11 is 0. The van der Waals surface area contributed by atoms with Gasteiger partial charge in [0.15, 0.2) is 0 Å². The topological polar surface area (TPSA) is 50.2 Å². The number of hydrogen-bond acceptors (Lipinski definition) is 3. The van der Waals surface area contributed by atoms with Gasteiger partial charge < -0.3 is 5.32 Å². The van der Waals surface area contributed by atoms with Crippen molar-refractivity contribution in [1.29, 1.82) is 0 Å². The first kappa shape index (κ1) is 16.0. The number of aromatic nitrogens is 2. The molecular formula is C16H28N4O. The second kappa shape index (κ2) is 7.07. The van der Waals surface area contributed by atoms with Crippen molar-refractivity contribution < 1.29 is 4.79 Å². The first-order valence-electron chi connectivity index (χ1n) is 7.98. The zero-order valence-electron chi connectivity index (χ0n) is 13.7. The molecular weight excluding hydrogens is 264 g/mol. The number of piperidine rings is 1. The number of carbonyl (C=O) groups excluding carboxylic acids is 1. The minimum absolute atomic E-state index is 0.0286. The van der Waals surface area contributed by atoms with Crippen molar-refractivity contribution in [3.63, 3.8) is 0 Å². The highest BCUT2D eigenvalue weighted by atomic mass is 16.1. The van der Waals surface area contributed by atoms with Gasteiger partial charge in [0, 0.05) is 25.8 Å². The van der Waals surface area contributed by atoms with Crippen molar-refractivity contribution in [1.82, 2.24) is 20.0 Å². The summed E-state index contributed by atoms with van der Waals surface area (Å²) in [7, 11) is 1.82. The van der Waals surface area contributed by atoms with Crippen LogP contribution in [0.25, 0.3) is 0 Å². The Morgan fingerprint density at radius 3 is 2.62 bits per heavy atom. The van der Waals surface area contributed by atoms with E-state index in [0.717, 1.165) is 19.0 Å². The molecule has 0 aliphatic carbocycles. The fraction of sp³-hybridized carbons (Fsp3) is 0.750. The Balaban J connectivity index is 1.89. The summed E-state index contributed by atoms with van der Waals surface area (Å²) in [5.74, 6) is 1.34. The van der Waals surface area contributed by atoms with Crippen LogP contribution in [0.2, 0.25) is 0 Å². The van der Waals surface area contributed by atoms with Crippen LogP contribution in [-0.2, 0) is 7.05 Å². The first-order chi connectivity index (χ1) is 9.97. The zero-order chi connectivity index (χ0) is 15.4. The van der Waals surface area contributed by atoms with E-state index in [0.29, 0.717) is 24.1 Å². The maximum Gasteiger partial charge on any atom is 0.254 e. The third-order valence-corrected chi connectivity index (χ3v) is 4.50. The van der Waals surface area contributed by atoms with Crippen LogP contribution in [0.15, 0.2) is 12.4 Å². The minimum Gasteiger partial charge on any atom is -0.350 e. The molecule has 0 spiro atoms. The highest BCUT2D eigenvalue weighted by Crippen LogP contribution is 2.21. The predicted octanol–water partition coefficient (Wildman–Crippen LogP) is 1.91. The first-order valence-corrected chi connectivity index (χ1v) is 7.98. The number of carbonyl (C=O) groups is 1. The zero-order valence-corrected chi connectivity index (χ0v) is 13.7. The van der Waals surface area contributed by atoms with Crippen molar-refractivity contribution in [2.45, 2.75) is 39.7 Å². The number of rotatable bonds is 5. The van der Waals surface area contributed by atoms with E-state index in [1.54, 1.807) is 17.1 Å². The molecule has 0 aromatic carbocycles. The van der Waals surface area contributed by atoms with Gasteiger partial charge in [0.1, 0.15) is 0 Å². The van der Waals surface area contributed by atoms with Gasteiger partial charge in [0.05, 0.1) is 11.8 Å². The molecule has 1 aromatic heterocycles. The van der Waals surface area contributed by atoms with E-state index in [9.17, 15) is 4.79 Å². The van der Waals surface area contributed by atoms with Gasteiger partial charge in [-0.3, -0.25) is 14.4 Å². The Labute approximate surface area is 127 Å². The van der Waals surface area contributed by atoms with Crippen molar-refractivity contribution in [2.24, 2.45) is 18.9 Å². The summed E-state index contributed by atoms with van der Waals surface area (Å²) in [5.41, 5.74) is 0.632. The number of hydrogen-bond donors (Lipinski definition) is 1. The quantitative estimate of drug-likeness (QED) is 0.902. The molecule has 1 aliphatic heterocycles. The molecule has 0 saturated carbocycles. The third-order valence-electron chi connectivity index (χ3n) is 4.50. The van der Waals surface area contributed by atoms with Crippen LogP contribution >= 0.6 is 0 Å². The number of nitrogens with one attached hydrogen (secondary N) is 1. The smallest absolute Gasteiger partial charge is 0.254 e. The standard InChI is InChI=1S/C16H28N4O/c1-12(2)15(20-7-5-13(3)6-8-20)10-17-16(21)14-9-18-19(4)11-14/h9,11-13,15H,5-8,10H2,1-4H3,(H,17,21). The summed E-state index contributed by atoms with van der Waals surface area (Å²) in [5, 5.41) is 7.11. The van der Waals surface area contributed by atoms with Crippen LogP contribution in [0.4, 0.5) is 0 Å². The molecule has 5 heteroatoms. The number of amides is 1. The van der Waals surface area contributed by atoms with Gasteiger partial charge in [-0.1, -0.05) is 20.8 Å². The summed E-state index contributed by atoms with van der Waals surface area (Å²) in [4.78, 5) is 14.7. The van der Waals surface area contributed by atoms with E-state index in [4.69, 9.17) is 0 Å². The van der Waals surface area contributed by atoms with Crippen molar-refractivity contribution in [2.75, 3.05) is 19.6 Å². The largest absolute Gasteiger partial charge is 0.350 e. The fourth-order valence-electron chi connectivity index (χ4n) is 2.98. The summed E-state index contributed by atoms with van der Waals surface area (Å²) in [6.07, 6.45) is 5.89. The van der Waals surface area contributed by atoms with E-state index in [-0.39, 0.29) is 5.91 Å². The van der Waals surface area contributed by atoms with E-state index < -0.39 is 0 Å². The van der Waals surface area contributed by atoms with Gasteiger partial charge in [0.2, 0.25) is 0 Å². The Morgan fingerprint density at radius 1 is 1.43 bits per heavy atom. The molecule has 2 rings (SSSR count). The molecule has 21 heavy (non-hydrogen) atoms. The Bertz CT molecular complexity index is 461. The maximum atomic E-state index is 12.1. The van der Waals surface area contributed by atoms with Crippen LogP contribution in [0.3, 0.4) is 0 Å². The lowest BCUT2D eigenvalue weighted by Crippen LogP contribution is -2.49. The lowest BCUT2D eigenvalue weighted by Gasteiger charge is -2.38. The Kier molecular flexibility index (Phi) is 5.39. The van der Waals surface area contributed by atoms with Gasteiger partial charge in [0.25, 0.3) is 5.91 Å². The average molecular weight is 292 g/mol. The minimum atomic E-state index is -0.0286. The van der Waals surface area contributed by atoms with E-state index >= 15 is 0 Å². The monoisotopic (exact) mass is 292 g/mol. The van der Waals surface area contributed by atoms with Crippen LogP contribution < -0.4 is 5.32 Å². The second-order valence-corrected chi connectivity index (χ2v) is 6.64. The maximum absolute atomic E-state index is 12.1. The highest BCUT2D eigenvalue weighted by molar-refractivity contribution is 5.93. The van der Waals surface area contributed by atoms with Gasteiger partial charge in [-0.15, -0.1) is 0 Å². The SMILES string of the molecule is CC1CCN(C(CNC(=O)c2cnn(C)c2)C(C)C)CC1. The summed E-state index contributed by atoms with van der Waals surface area (Å²) in [6, 6.07) is 0.415. The van der Waals surface area contributed by atoms with E-state index in [1.807, 2.05) is 7.05 Å². The molecule has 0 bridgehead atoms. The Hall–Kier alpha value is -1.36. The Morgan fingerprint density at radius 2 is 2.10 bits per heavy atom. The van der Waals surface area contributed by atoms with E-state index in [1.165, 1.54) is 12.8 Å². The van der Waals surface area contributed by atoms with Crippen LogP contribution in [0.5, 0.6) is 0 Å². The van der Waals surface area contributed by atoms with Gasteiger partial charge in [-0.05, 0) is 37.8 Å². The molecule has 0 radical (unpaired) electrons. The van der Waals surface area contributed by atoms with Gasteiger partial charge in [-0.2, -0.15) is 5.10 Å². The third kappa shape index (κ3) is 4.30. The van der Waals surface area contributed by atoms with Gasteiger partial charge in [-0.25, -0.2) is 0 Å². The average Bonchev–Trinajstić information content (AvgIpc) is 2.87. The second-order valence-electron chi connectivity index (χ2n) is 6.64. The predicted molar refractivity (Wildman–Crippen MR) is 84.1 cm³/mol. The lowest BCUT2D eigenvalue weighted by atomic mass is 9.94. The molecule has 1 saturated heterocycles. The van der Waals surface area contributed by atoms with Crippen LogP contribution in [0, 0.1) is 11.8 Å². The van der Waals surface area contributed by atoms with Crippen LogP contribution in [-0.4, -0.2) is 46.3 Å². The molecule has 2 heterocycles. The van der Waals surface area contributed by atoms with Crippen molar-refractivity contribution in [3.8, 4) is 0 Å². The van der Waals surface area contributed by atoms with E-state index in [2.05, 4.69) is 36.1 Å². The van der Waals surface area contributed by atoms with Crippen LogP contribution in [0.1, 0.15) is 44.0 Å². The molecule has 1 aliphatic rings. The molecule has 118 valence electrons. The van der Waals surface area contributed by atoms with Crippen molar-refractivity contribution in [3.05, 3.63) is 18.0 Å². The summed E-state index contributed by atoms with van der Waals surface area (Å²) in [6.45, 7) is 9.79. The molecule has 1 N–H and O–H groups in total. The number of nitrogens with zero attached hydrogens (tertiary/aromatic N) is 3. The molecule has 1 aromatic rings. The molecule has 1 unspecified atom stereocenters. The number of aryl methyl sites for hydroxylation is 1. The van der Waals surface area contributed by atoms with Crippen molar-refractivity contribution >= 4 is 5.91 Å². The fourth-order valence-corrected chi connectivity index (χ4v) is 2.98. The lowest BCUT2D eigenvalue weighted by molar-refractivity contribution is 0.0863.